The maximum absolute atomic E-state index is 12.1. The van der Waals surface area contributed by atoms with Crippen molar-refractivity contribution in [1.82, 2.24) is 20.2 Å². The number of nitrogens with zero attached hydrogens (tertiary/aromatic N) is 5. The van der Waals surface area contributed by atoms with Crippen LogP contribution in [0, 0.1) is 10.1 Å². The third-order valence-corrected chi connectivity index (χ3v) is 3.88. The number of rotatable bonds is 5. The number of hydrogen-bond acceptors (Lipinski definition) is 6. The zero-order chi connectivity index (χ0) is 17.8. The van der Waals surface area contributed by atoms with E-state index in [0.29, 0.717) is 11.5 Å². The monoisotopic (exact) mass is 402 g/mol. The Bertz CT molecular complexity index is 942. The molecule has 2 aromatic carbocycles. The fourth-order valence-corrected chi connectivity index (χ4v) is 2.55. The smallest absolute Gasteiger partial charge is 0.271 e. The van der Waals surface area contributed by atoms with Gasteiger partial charge in [-0.05, 0) is 23.4 Å². The predicted octanol–water partition coefficient (Wildman–Crippen LogP) is 2.65. The summed E-state index contributed by atoms with van der Waals surface area (Å²) in [5.74, 6) is -0.0350. The number of halogens is 1. The Hall–Kier alpha value is -3.14. The number of carbonyl (C=O) groups excluding carboxylic acids is 1. The van der Waals surface area contributed by atoms with Crippen LogP contribution in [-0.2, 0) is 11.3 Å². The van der Waals surface area contributed by atoms with E-state index in [-0.39, 0.29) is 12.2 Å². The normalized spacial score (nSPS) is 10.4. The third-order valence-electron chi connectivity index (χ3n) is 3.19. The molecule has 0 aliphatic heterocycles. The summed E-state index contributed by atoms with van der Waals surface area (Å²) in [4.78, 5) is 23.4. The molecule has 9 nitrogen and oxygen atoms in total. The molecule has 0 saturated carbocycles. The van der Waals surface area contributed by atoms with Gasteiger partial charge in [-0.15, -0.1) is 10.2 Å². The minimum Gasteiger partial charge on any atom is -0.324 e. The number of anilines is 1. The molecule has 0 atom stereocenters. The maximum atomic E-state index is 12.1. The van der Waals surface area contributed by atoms with Gasteiger partial charge in [-0.3, -0.25) is 14.9 Å². The van der Waals surface area contributed by atoms with Crippen molar-refractivity contribution in [3.63, 3.8) is 0 Å². The number of non-ortho nitro benzene ring substituents is 1. The Balaban J connectivity index is 1.69. The molecule has 0 bridgehead atoms. The van der Waals surface area contributed by atoms with Crippen LogP contribution in [0.3, 0.4) is 0 Å². The van der Waals surface area contributed by atoms with Crippen molar-refractivity contribution in [2.45, 2.75) is 6.54 Å². The molecule has 0 unspecified atom stereocenters. The molecule has 0 spiro atoms. The Morgan fingerprint density at radius 1 is 1.24 bits per heavy atom. The number of amides is 1. The molecule has 25 heavy (non-hydrogen) atoms. The summed E-state index contributed by atoms with van der Waals surface area (Å²) in [5, 5.41) is 25.3. The number of nitro benzene ring substituents is 1. The van der Waals surface area contributed by atoms with Crippen molar-refractivity contribution < 1.29 is 9.72 Å². The van der Waals surface area contributed by atoms with Crippen LogP contribution in [0.2, 0.25) is 0 Å². The molecule has 0 saturated heterocycles. The summed E-state index contributed by atoms with van der Waals surface area (Å²) >= 11 is 3.40. The highest BCUT2D eigenvalue weighted by Gasteiger charge is 2.12. The molecule has 10 heteroatoms. The molecule has 3 rings (SSSR count). The second kappa shape index (κ2) is 7.18. The summed E-state index contributed by atoms with van der Waals surface area (Å²) in [6.45, 7) is -0.167. The highest BCUT2D eigenvalue weighted by Crippen LogP contribution is 2.24. The maximum Gasteiger partial charge on any atom is 0.271 e. The van der Waals surface area contributed by atoms with E-state index >= 15 is 0 Å². The summed E-state index contributed by atoms with van der Waals surface area (Å²) in [6, 6.07) is 13.1. The van der Waals surface area contributed by atoms with Gasteiger partial charge in [-0.2, -0.15) is 4.80 Å². The summed E-state index contributed by atoms with van der Waals surface area (Å²) in [6.07, 6.45) is 0. The highest BCUT2D eigenvalue weighted by molar-refractivity contribution is 9.10. The molecule has 3 aromatic rings. The van der Waals surface area contributed by atoms with Gasteiger partial charge in [-0.25, -0.2) is 0 Å². The van der Waals surface area contributed by atoms with E-state index in [1.54, 1.807) is 6.07 Å². The fourth-order valence-electron chi connectivity index (χ4n) is 2.09. The summed E-state index contributed by atoms with van der Waals surface area (Å²) in [5.41, 5.74) is 0.978. The lowest BCUT2D eigenvalue weighted by atomic mass is 10.2. The lowest BCUT2D eigenvalue weighted by Crippen LogP contribution is -2.20. The first-order valence-corrected chi connectivity index (χ1v) is 7.89. The number of aromatic nitrogens is 4. The van der Waals surface area contributed by atoms with Crippen LogP contribution in [0.4, 0.5) is 11.4 Å². The zero-order valence-electron chi connectivity index (χ0n) is 12.7. The van der Waals surface area contributed by atoms with Crippen molar-refractivity contribution in [2.75, 3.05) is 5.32 Å². The van der Waals surface area contributed by atoms with Gasteiger partial charge in [0, 0.05) is 27.9 Å². The fraction of sp³-hybridized carbons (Fsp3) is 0.0667. The molecule has 126 valence electrons. The lowest BCUT2D eigenvalue weighted by molar-refractivity contribution is -0.384. The van der Waals surface area contributed by atoms with Crippen molar-refractivity contribution in [3.05, 3.63) is 63.1 Å². The van der Waals surface area contributed by atoms with Crippen LogP contribution in [0.5, 0.6) is 0 Å². The topological polar surface area (TPSA) is 116 Å². The lowest BCUT2D eigenvalue weighted by Gasteiger charge is -2.04. The van der Waals surface area contributed by atoms with Crippen LogP contribution in [0.25, 0.3) is 11.4 Å². The van der Waals surface area contributed by atoms with E-state index in [1.807, 2.05) is 24.3 Å². The molecule has 1 N–H and O–H groups in total. The molecular formula is C15H11BrN6O3. The van der Waals surface area contributed by atoms with E-state index < -0.39 is 10.8 Å². The Kier molecular flexibility index (Phi) is 4.80. The average Bonchev–Trinajstić information content (AvgIpc) is 3.03. The third kappa shape index (κ3) is 4.04. The van der Waals surface area contributed by atoms with Gasteiger partial charge >= 0.3 is 0 Å². The van der Waals surface area contributed by atoms with Crippen LogP contribution in [0.15, 0.2) is 53.0 Å². The molecule has 0 radical (unpaired) electrons. The van der Waals surface area contributed by atoms with Gasteiger partial charge in [0.2, 0.25) is 11.7 Å². The highest BCUT2D eigenvalue weighted by atomic mass is 79.9. The quantitative estimate of drug-likeness (QED) is 0.517. The molecular weight excluding hydrogens is 392 g/mol. The Morgan fingerprint density at radius 3 is 2.80 bits per heavy atom. The van der Waals surface area contributed by atoms with Gasteiger partial charge in [0.05, 0.1) is 4.92 Å². The van der Waals surface area contributed by atoms with Gasteiger partial charge in [0.15, 0.2) is 0 Å². The van der Waals surface area contributed by atoms with Gasteiger partial charge in [0.1, 0.15) is 6.54 Å². The van der Waals surface area contributed by atoms with Gasteiger partial charge in [0.25, 0.3) is 5.69 Å². The second-order valence-corrected chi connectivity index (χ2v) is 5.83. The average molecular weight is 403 g/mol. The van der Waals surface area contributed by atoms with E-state index in [1.165, 1.54) is 18.2 Å². The Morgan fingerprint density at radius 2 is 2.04 bits per heavy atom. The zero-order valence-corrected chi connectivity index (χ0v) is 14.3. The first-order chi connectivity index (χ1) is 12.0. The number of benzene rings is 2. The van der Waals surface area contributed by atoms with Crippen LogP contribution >= 0.6 is 15.9 Å². The number of nitrogens with one attached hydrogen (secondary N) is 1. The molecule has 0 fully saturated rings. The standard InChI is InChI=1S/C15H11BrN6O3/c16-13-7-2-1-6-12(13)15-18-20-21(19-15)9-14(23)17-10-4-3-5-11(8-10)22(24)25/h1-8H,9H2,(H,17,23). The van der Waals surface area contributed by atoms with Gasteiger partial charge in [-0.1, -0.05) is 34.1 Å². The number of nitro groups is 1. The first-order valence-electron chi connectivity index (χ1n) is 7.10. The number of carbonyl (C=O) groups is 1. The van der Waals surface area contributed by atoms with Crippen LogP contribution in [0.1, 0.15) is 0 Å². The summed E-state index contributed by atoms with van der Waals surface area (Å²) < 4.78 is 0.815. The van der Waals surface area contributed by atoms with Gasteiger partial charge < -0.3 is 5.32 Å². The van der Waals surface area contributed by atoms with E-state index in [9.17, 15) is 14.9 Å². The minimum atomic E-state index is -0.529. The SMILES string of the molecule is O=C(Cn1nnc(-c2ccccc2Br)n1)Nc1cccc([N+](=O)[O-])c1. The second-order valence-electron chi connectivity index (χ2n) is 4.98. The van der Waals surface area contributed by atoms with Crippen molar-refractivity contribution in [2.24, 2.45) is 0 Å². The Labute approximate surface area is 149 Å². The van der Waals surface area contributed by atoms with E-state index in [0.717, 1.165) is 14.8 Å². The predicted molar refractivity (Wildman–Crippen MR) is 92.7 cm³/mol. The van der Waals surface area contributed by atoms with E-state index in [4.69, 9.17) is 0 Å². The minimum absolute atomic E-state index is 0.104. The first kappa shape index (κ1) is 16.7. The number of tetrazole rings is 1. The largest absolute Gasteiger partial charge is 0.324 e. The van der Waals surface area contributed by atoms with Crippen molar-refractivity contribution in [1.29, 1.82) is 0 Å². The van der Waals surface area contributed by atoms with Crippen molar-refractivity contribution in [3.8, 4) is 11.4 Å². The van der Waals surface area contributed by atoms with Crippen LogP contribution in [-0.4, -0.2) is 31.0 Å². The van der Waals surface area contributed by atoms with Crippen molar-refractivity contribution >= 4 is 33.2 Å². The molecule has 1 amide bonds. The number of hydrogen-bond donors (Lipinski definition) is 1. The van der Waals surface area contributed by atoms with Crippen LogP contribution < -0.4 is 5.32 Å². The molecule has 1 heterocycles. The van der Waals surface area contributed by atoms with E-state index in [2.05, 4.69) is 36.7 Å². The molecule has 1 aromatic heterocycles. The summed E-state index contributed by atoms with van der Waals surface area (Å²) in [7, 11) is 0. The molecule has 0 aliphatic carbocycles. The molecule has 0 aliphatic rings.